The Balaban J connectivity index is 1.50. The Bertz CT molecular complexity index is 1840. The van der Waals surface area contributed by atoms with E-state index in [9.17, 15) is 19.5 Å². The van der Waals surface area contributed by atoms with Crippen molar-refractivity contribution in [3.8, 4) is 17.2 Å². The van der Waals surface area contributed by atoms with Crippen molar-refractivity contribution in [2.75, 3.05) is 19.6 Å². The number of aromatic hydroxyl groups is 1. The summed E-state index contributed by atoms with van der Waals surface area (Å²) in [7, 11) is 3.02. The van der Waals surface area contributed by atoms with Crippen LogP contribution in [0.25, 0.3) is 0 Å². The molecule has 2 aliphatic heterocycles. The first-order valence-corrected chi connectivity index (χ1v) is 15.5. The van der Waals surface area contributed by atoms with Gasteiger partial charge in [-0.2, -0.15) is 5.01 Å². The number of ether oxygens (including phenoxy) is 2. The first-order chi connectivity index (χ1) is 22.1. The number of nitrogens with one attached hydrogen (secondary N) is 2. The van der Waals surface area contributed by atoms with Gasteiger partial charge >= 0.3 is 0 Å². The molecule has 46 heavy (non-hydrogen) atoms. The minimum Gasteiger partial charge on any atom is -0.508 e. The van der Waals surface area contributed by atoms with Gasteiger partial charge in [-0.25, -0.2) is 0 Å². The molecule has 2 saturated heterocycles. The molecule has 6 atom stereocenters. The first kappa shape index (κ1) is 30.1. The third kappa shape index (κ3) is 4.30. The maximum absolute atomic E-state index is 15.1. The lowest BCUT2D eigenvalue weighted by Gasteiger charge is -2.50. The Morgan fingerprint density at radius 2 is 1.63 bits per heavy atom. The summed E-state index contributed by atoms with van der Waals surface area (Å²) in [6.07, 6.45) is 2.28. The van der Waals surface area contributed by atoms with Crippen LogP contribution >= 0.6 is 23.2 Å². The molecule has 4 aliphatic rings. The maximum Gasteiger partial charge on any atom is 0.260 e. The second-order valence-electron chi connectivity index (χ2n) is 12.0. The van der Waals surface area contributed by atoms with Gasteiger partial charge in [0.15, 0.2) is 0 Å². The summed E-state index contributed by atoms with van der Waals surface area (Å²) in [5.74, 6) is -4.82. The molecule has 10 nitrogen and oxygen atoms in total. The van der Waals surface area contributed by atoms with Crippen LogP contribution < -0.4 is 20.2 Å². The number of anilines is 1. The molecule has 12 heteroatoms. The van der Waals surface area contributed by atoms with E-state index >= 15 is 4.79 Å². The first-order valence-electron chi connectivity index (χ1n) is 14.8. The Hall–Kier alpha value is -4.54. The van der Waals surface area contributed by atoms with Crippen molar-refractivity contribution < 1.29 is 33.8 Å². The Labute approximate surface area is 274 Å². The summed E-state index contributed by atoms with van der Waals surface area (Å²) in [6, 6.07) is 16.3. The molecule has 6 unspecified atom stereocenters. The zero-order valence-electron chi connectivity index (χ0n) is 24.8. The molecule has 3 fully saturated rings. The summed E-state index contributed by atoms with van der Waals surface area (Å²) >= 11 is 12.6. The smallest absolute Gasteiger partial charge is 0.260 e. The monoisotopic (exact) mass is 661 g/mol. The molecule has 0 spiro atoms. The van der Waals surface area contributed by atoms with Gasteiger partial charge in [0.2, 0.25) is 11.8 Å². The fourth-order valence-electron chi connectivity index (χ4n) is 7.99. The lowest BCUT2D eigenvalue weighted by atomic mass is 9.49. The number of amides is 4. The van der Waals surface area contributed by atoms with Crippen LogP contribution in [0.2, 0.25) is 10.0 Å². The van der Waals surface area contributed by atoms with Gasteiger partial charge in [-0.15, -0.1) is 0 Å². The number of phenols is 1. The zero-order valence-corrected chi connectivity index (χ0v) is 26.3. The molecule has 236 valence electrons. The van der Waals surface area contributed by atoms with Gasteiger partial charge in [-0.3, -0.25) is 29.9 Å². The zero-order chi connectivity index (χ0) is 32.5. The number of hydrogen-bond acceptors (Lipinski definition) is 8. The van der Waals surface area contributed by atoms with Crippen LogP contribution in [0.1, 0.15) is 29.9 Å². The van der Waals surface area contributed by atoms with Crippen molar-refractivity contribution >= 4 is 52.5 Å². The van der Waals surface area contributed by atoms with E-state index < -0.39 is 52.7 Å². The highest BCUT2D eigenvalue weighted by Crippen LogP contribution is 2.64. The highest BCUT2D eigenvalue weighted by molar-refractivity contribution is 6.36. The van der Waals surface area contributed by atoms with Gasteiger partial charge in [0.05, 0.1) is 48.1 Å². The quantitative estimate of drug-likeness (QED) is 0.249. The molecular formula is C34H29Cl2N3O7. The largest absolute Gasteiger partial charge is 0.508 e. The normalized spacial score (nSPS) is 28.2. The minimum atomic E-state index is -1.59. The number of nitrogens with zero attached hydrogens (tertiary/aromatic N) is 1. The van der Waals surface area contributed by atoms with Gasteiger partial charge < -0.3 is 14.6 Å². The number of halogens is 2. The number of methoxy groups -OCH3 is 2. The SMILES string of the molecule is COc1ccc(C23C(=O)N(Nc4ccc(Cl)cc4Cl)C(=O)C2CC2C(=CCC4C(=O)NC(=O)C42)C3c2cc(OC)ccc2O)cc1. The van der Waals surface area contributed by atoms with Crippen molar-refractivity contribution in [1.29, 1.82) is 0 Å². The van der Waals surface area contributed by atoms with E-state index in [1.807, 2.05) is 6.08 Å². The highest BCUT2D eigenvalue weighted by atomic mass is 35.5. The van der Waals surface area contributed by atoms with Gasteiger partial charge in [0.1, 0.15) is 17.2 Å². The number of hydrazine groups is 1. The molecule has 4 amide bonds. The molecule has 1 saturated carbocycles. The summed E-state index contributed by atoms with van der Waals surface area (Å²) < 4.78 is 10.9. The van der Waals surface area contributed by atoms with E-state index in [1.165, 1.54) is 26.4 Å². The molecule has 3 N–H and O–H groups in total. The Morgan fingerprint density at radius 1 is 0.913 bits per heavy atom. The molecule has 2 aliphatic carbocycles. The average Bonchev–Trinajstić information content (AvgIpc) is 3.46. The van der Waals surface area contributed by atoms with E-state index in [1.54, 1.807) is 48.5 Å². The van der Waals surface area contributed by atoms with Crippen LogP contribution in [-0.4, -0.2) is 48.0 Å². The van der Waals surface area contributed by atoms with E-state index in [0.717, 1.165) is 5.01 Å². The van der Waals surface area contributed by atoms with Crippen LogP contribution in [0.3, 0.4) is 0 Å². The standard InChI is InChI=1S/C34H29Cl2N3O7/c1-45-18-6-3-16(4-7-18)34-24(32(43)39(33(34)44)38-26-11-5-17(35)13-25(26)36)15-22-20(9-10-21-28(22)31(42)37-30(21)41)29(34)23-14-19(46-2)8-12-27(23)40/h3-9,11-14,21-22,24,28-29,38,40H,10,15H2,1-2H3,(H,37,41,42). The summed E-state index contributed by atoms with van der Waals surface area (Å²) in [4.78, 5) is 55.8. The van der Waals surface area contributed by atoms with Gasteiger partial charge in [-0.05, 0) is 72.9 Å². The van der Waals surface area contributed by atoms with E-state index in [4.69, 9.17) is 32.7 Å². The predicted molar refractivity (Wildman–Crippen MR) is 168 cm³/mol. The number of allylic oxidation sites excluding steroid dienone is 2. The predicted octanol–water partition coefficient (Wildman–Crippen LogP) is 4.99. The van der Waals surface area contributed by atoms with Gasteiger partial charge in [-0.1, -0.05) is 47.0 Å². The van der Waals surface area contributed by atoms with Crippen LogP contribution in [0, 0.1) is 23.7 Å². The second-order valence-corrected chi connectivity index (χ2v) is 12.8. The number of imide groups is 2. The van der Waals surface area contributed by atoms with Crippen LogP contribution in [0.4, 0.5) is 5.69 Å². The number of rotatable bonds is 6. The molecule has 3 aromatic carbocycles. The van der Waals surface area contributed by atoms with Crippen molar-refractivity contribution in [3.63, 3.8) is 0 Å². The van der Waals surface area contributed by atoms with E-state index in [-0.39, 0.29) is 35.2 Å². The van der Waals surface area contributed by atoms with Crippen molar-refractivity contribution in [2.45, 2.75) is 24.2 Å². The van der Waals surface area contributed by atoms with Gasteiger partial charge in [0.25, 0.3) is 11.8 Å². The fourth-order valence-corrected chi connectivity index (χ4v) is 8.44. The van der Waals surface area contributed by atoms with Crippen LogP contribution in [-0.2, 0) is 24.6 Å². The molecule has 2 heterocycles. The lowest BCUT2D eigenvalue weighted by molar-refractivity contribution is -0.138. The minimum absolute atomic E-state index is 0.109. The summed E-state index contributed by atoms with van der Waals surface area (Å²) in [6.45, 7) is 0. The lowest BCUT2D eigenvalue weighted by Crippen LogP contribution is -2.53. The number of benzene rings is 3. The second kappa shape index (κ2) is 11.1. The van der Waals surface area contributed by atoms with E-state index in [2.05, 4.69) is 10.7 Å². The highest BCUT2D eigenvalue weighted by Gasteiger charge is 2.70. The van der Waals surface area contributed by atoms with Crippen LogP contribution in [0.15, 0.2) is 72.3 Å². The van der Waals surface area contributed by atoms with Crippen molar-refractivity contribution in [3.05, 3.63) is 93.5 Å². The topological polar surface area (TPSA) is 134 Å². The van der Waals surface area contributed by atoms with Crippen molar-refractivity contribution in [1.82, 2.24) is 10.3 Å². The average molecular weight is 663 g/mol. The Kier molecular flexibility index (Phi) is 7.25. The van der Waals surface area contributed by atoms with Crippen LogP contribution in [0.5, 0.6) is 17.2 Å². The molecule has 7 rings (SSSR count). The fraction of sp³-hybridized carbons (Fsp3) is 0.294. The third-order valence-corrected chi connectivity index (χ3v) is 10.5. The third-order valence-electron chi connectivity index (χ3n) is 9.97. The summed E-state index contributed by atoms with van der Waals surface area (Å²) in [5, 5.41) is 15.5. The number of fused-ring (bicyclic) bond motifs is 4. The maximum atomic E-state index is 15.1. The number of carbonyl (C=O) groups excluding carboxylic acids is 4. The number of hydrogen-bond donors (Lipinski definition) is 3. The van der Waals surface area contributed by atoms with Gasteiger partial charge in [0, 0.05) is 16.5 Å². The number of phenolic OH excluding ortho intramolecular Hbond substituents is 1. The van der Waals surface area contributed by atoms with E-state index in [0.29, 0.717) is 33.2 Å². The molecule has 0 aromatic heterocycles. The Morgan fingerprint density at radius 3 is 2.33 bits per heavy atom. The summed E-state index contributed by atoms with van der Waals surface area (Å²) in [5.41, 5.74) is 3.21. The molecule has 0 bridgehead atoms. The molecule has 3 aromatic rings. The number of carbonyl (C=O) groups is 4. The molecule has 0 radical (unpaired) electrons. The van der Waals surface area contributed by atoms with Crippen molar-refractivity contribution in [2.24, 2.45) is 23.7 Å². The molecular weight excluding hydrogens is 633 g/mol.